The fraction of sp³-hybridized carbons (Fsp3) is 0.333. The van der Waals surface area contributed by atoms with Crippen LogP contribution in [0.3, 0.4) is 0 Å². The van der Waals surface area contributed by atoms with Gasteiger partial charge in [-0.15, -0.1) is 11.8 Å². The maximum Gasteiger partial charge on any atom is 0.240 e. The van der Waals surface area contributed by atoms with Crippen molar-refractivity contribution < 1.29 is 4.52 Å². The number of thioether (sulfide) groups is 1. The van der Waals surface area contributed by atoms with Crippen molar-refractivity contribution in [1.29, 1.82) is 0 Å². The molecular formula is C12H12Br2N2OS. The molecule has 0 radical (unpaired) electrons. The molecular weight excluding hydrogens is 380 g/mol. The van der Waals surface area contributed by atoms with Crippen molar-refractivity contribution in [2.24, 2.45) is 0 Å². The van der Waals surface area contributed by atoms with Gasteiger partial charge in [-0.3, -0.25) is 0 Å². The van der Waals surface area contributed by atoms with Crippen LogP contribution in [0.4, 0.5) is 0 Å². The molecule has 1 aromatic heterocycles. The first-order valence-electron chi connectivity index (χ1n) is 5.54. The van der Waals surface area contributed by atoms with Crippen molar-refractivity contribution in [2.45, 2.75) is 28.8 Å². The van der Waals surface area contributed by atoms with Crippen LogP contribution in [-0.2, 0) is 5.75 Å². The molecule has 6 heteroatoms. The summed E-state index contributed by atoms with van der Waals surface area (Å²) in [7, 11) is 0. The van der Waals surface area contributed by atoms with Gasteiger partial charge >= 0.3 is 0 Å². The van der Waals surface area contributed by atoms with Crippen molar-refractivity contribution in [3.63, 3.8) is 0 Å². The molecule has 0 spiro atoms. The largest absolute Gasteiger partial charge is 0.338 e. The second-order valence-corrected chi connectivity index (χ2v) is 6.74. The predicted octanol–water partition coefficient (Wildman–Crippen LogP) is 4.97. The van der Waals surface area contributed by atoms with Crippen molar-refractivity contribution in [3.05, 3.63) is 40.5 Å². The van der Waals surface area contributed by atoms with Gasteiger partial charge < -0.3 is 4.52 Å². The summed E-state index contributed by atoms with van der Waals surface area (Å²) in [6, 6.07) is 8.16. The van der Waals surface area contributed by atoms with Crippen LogP contribution in [0.5, 0.6) is 0 Å². The number of hydrogen-bond donors (Lipinski definition) is 0. The van der Waals surface area contributed by atoms with Crippen LogP contribution in [0.1, 0.15) is 29.9 Å². The number of hydrogen-bond acceptors (Lipinski definition) is 4. The van der Waals surface area contributed by atoms with Crippen molar-refractivity contribution in [3.8, 4) is 0 Å². The van der Waals surface area contributed by atoms with Crippen molar-refractivity contribution in [2.75, 3.05) is 0 Å². The topological polar surface area (TPSA) is 38.9 Å². The van der Waals surface area contributed by atoms with Crippen LogP contribution in [-0.4, -0.2) is 10.1 Å². The van der Waals surface area contributed by atoms with Gasteiger partial charge in [-0.05, 0) is 24.6 Å². The normalized spacial score (nSPS) is 12.6. The molecule has 0 saturated carbocycles. The molecule has 0 aliphatic heterocycles. The lowest BCUT2D eigenvalue weighted by molar-refractivity contribution is 0.372. The molecule has 1 atom stereocenters. The summed E-state index contributed by atoms with van der Waals surface area (Å²) in [4.78, 5) is 5.69. The number of nitrogens with zero attached hydrogens (tertiary/aromatic N) is 2. The molecule has 96 valence electrons. The number of alkyl halides is 1. The van der Waals surface area contributed by atoms with Gasteiger partial charge in [0, 0.05) is 9.37 Å². The van der Waals surface area contributed by atoms with E-state index in [2.05, 4.69) is 61.1 Å². The molecule has 18 heavy (non-hydrogen) atoms. The minimum atomic E-state index is 0.148. The Kier molecular flexibility index (Phi) is 5.26. The summed E-state index contributed by atoms with van der Waals surface area (Å²) < 4.78 is 6.28. The van der Waals surface area contributed by atoms with Gasteiger partial charge in [0.15, 0.2) is 5.82 Å². The molecule has 0 fully saturated rings. The van der Waals surface area contributed by atoms with E-state index >= 15 is 0 Å². The molecule has 0 saturated heterocycles. The molecule has 0 aliphatic rings. The van der Waals surface area contributed by atoms with Gasteiger partial charge in [-0.2, -0.15) is 4.98 Å². The van der Waals surface area contributed by atoms with E-state index in [1.54, 1.807) is 11.8 Å². The van der Waals surface area contributed by atoms with Crippen molar-refractivity contribution >= 4 is 43.6 Å². The van der Waals surface area contributed by atoms with Gasteiger partial charge in [0.1, 0.15) is 0 Å². The zero-order valence-electron chi connectivity index (χ0n) is 9.77. The molecule has 3 nitrogen and oxygen atoms in total. The lowest BCUT2D eigenvalue weighted by atomic mass is 10.3. The van der Waals surface area contributed by atoms with Gasteiger partial charge in [0.05, 0.1) is 10.6 Å². The Morgan fingerprint density at radius 2 is 2.28 bits per heavy atom. The maximum absolute atomic E-state index is 5.20. The van der Waals surface area contributed by atoms with E-state index in [0.29, 0.717) is 11.6 Å². The highest BCUT2D eigenvalue weighted by Crippen LogP contribution is 2.27. The zero-order valence-corrected chi connectivity index (χ0v) is 13.8. The van der Waals surface area contributed by atoms with E-state index in [1.165, 1.54) is 4.90 Å². The van der Waals surface area contributed by atoms with Crippen LogP contribution in [0, 0.1) is 0 Å². The van der Waals surface area contributed by atoms with E-state index in [9.17, 15) is 0 Å². The van der Waals surface area contributed by atoms with Crippen LogP contribution in [0.2, 0.25) is 0 Å². The second-order valence-electron chi connectivity index (χ2n) is 3.67. The smallest absolute Gasteiger partial charge is 0.240 e. The van der Waals surface area contributed by atoms with E-state index in [0.717, 1.165) is 16.7 Å². The average Bonchev–Trinajstić information content (AvgIpc) is 2.84. The molecule has 0 amide bonds. The van der Waals surface area contributed by atoms with E-state index in [1.807, 2.05) is 12.1 Å². The quantitative estimate of drug-likeness (QED) is 0.532. The summed E-state index contributed by atoms with van der Waals surface area (Å²) >= 11 is 8.64. The highest BCUT2D eigenvalue weighted by Gasteiger charge is 2.13. The predicted molar refractivity (Wildman–Crippen MR) is 80.0 cm³/mol. The first-order chi connectivity index (χ1) is 8.69. The van der Waals surface area contributed by atoms with Crippen LogP contribution >= 0.6 is 43.6 Å². The minimum absolute atomic E-state index is 0.148. The van der Waals surface area contributed by atoms with Gasteiger partial charge in [0.2, 0.25) is 5.89 Å². The summed E-state index contributed by atoms with van der Waals surface area (Å²) in [6.45, 7) is 2.07. The Hall–Kier alpha value is -0.330. The van der Waals surface area contributed by atoms with Crippen molar-refractivity contribution in [1.82, 2.24) is 10.1 Å². The SMILES string of the molecule is CCC(Br)c1nc(CSc2cccc(Br)c2)no1. The number of rotatable bonds is 5. The van der Waals surface area contributed by atoms with E-state index in [4.69, 9.17) is 4.52 Å². The van der Waals surface area contributed by atoms with Gasteiger partial charge in [-0.1, -0.05) is 50.0 Å². The molecule has 1 heterocycles. The second kappa shape index (κ2) is 6.73. The first kappa shape index (κ1) is 14.1. The summed E-state index contributed by atoms with van der Waals surface area (Å²) in [5.74, 6) is 2.10. The molecule has 0 aliphatic carbocycles. The van der Waals surface area contributed by atoms with Crippen LogP contribution < -0.4 is 0 Å². The summed E-state index contributed by atoms with van der Waals surface area (Å²) in [5.41, 5.74) is 0. The lowest BCUT2D eigenvalue weighted by Crippen LogP contribution is -1.89. The Morgan fingerprint density at radius 3 is 3.00 bits per heavy atom. The Labute approximate surface area is 127 Å². The van der Waals surface area contributed by atoms with E-state index < -0.39 is 0 Å². The third-order valence-corrected chi connectivity index (χ3v) is 4.80. The lowest BCUT2D eigenvalue weighted by Gasteiger charge is -1.99. The molecule has 0 N–H and O–H groups in total. The van der Waals surface area contributed by atoms with Gasteiger partial charge in [-0.25, -0.2) is 0 Å². The molecule has 0 bridgehead atoms. The first-order valence-corrected chi connectivity index (χ1v) is 8.23. The average molecular weight is 392 g/mol. The highest BCUT2D eigenvalue weighted by molar-refractivity contribution is 9.10. The standard InChI is InChI=1S/C12H12Br2N2OS/c1-2-10(14)12-15-11(16-17-12)7-18-9-5-3-4-8(13)6-9/h3-6,10H,2,7H2,1H3. The van der Waals surface area contributed by atoms with E-state index in [-0.39, 0.29) is 4.83 Å². The number of halogens is 2. The van der Waals surface area contributed by atoms with Gasteiger partial charge in [0.25, 0.3) is 0 Å². The monoisotopic (exact) mass is 390 g/mol. The number of aromatic nitrogens is 2. The molecule has 1 unspecified atom stereocenters. The zero-order chi connectivity index (χ0) is 13.0. The summed E-state index contributed by atoms with van der Waals surface area (Å²) in [5, 5.41) is 3.97. The molecule has 2 aromatic rings. The third-order valence-electron chi connectivity index (χ3n) is 2.27. The Bertz CT molecular complexity index is 518. The third kappa shape index (κ3) is 3.83. The van der Waals surface area contributed by atoms with Crippen LogP contribution in [0.15, 0.2) is 38.2 Å². The van der Waals surface area contributed by atoms with Crippen LogP contribution in [0.25, 0.3) is 0 Å². The molecule has 1 aromatic carbocycles. The molecule has 2 rings (SSSR count). The fourth-order valence-electron chi connectivity index (χ4n) is 1.33. The fourth-order valence-corrected chi connectivity index (χ4v) is 2.87. The number of benzene rings is 1. The summed E-state index contributed by atoms with van der Waals surface area (Å²) in [6.07, 6.45) is 0.931. The Balaban J connectivity index is 1.96. The highest BCUT2D eigenvalue weighted by atomic mass is 79.9. The minimum Gasteiger partial charge on any atom is -0.338 e. The Morgan fingerprint density at radius 1 is 1.44 bits per heavy atom. The maximum atomic E-state index is 5.20.